The molecular formula is C18H23FN2O3. The van der Waals surface area contributed by atoms with Crippen LogP contribution in [-0.4, -0.2) is 67.3 Å². The largest absolute Gasteiger partial charge is 0.381 e. The summed E-state index contributed by atoms with van der Waals surface area (Å²) in [6, 6.07) is 6.53. The van der Waals surface area contributed by atoms with E-state index in [-0.39, 0.29) is 30.5 Å². The van der Waals surface area contributed by atoms with Crippen molar-refractivity contribution in [1.29, 1.82) is 0 Å². The molecule has 6 heteroatoms. The number of nitrogens with zero attached hydrogens (tertiary/aromatic N) is 2. The quantitative estimate of drug-likeness (QED) is 0.832. The van der Waals surface area contributed by atoms with Gasteiger partial charge in [-0.2, -0.15) is 0 Å². The molecular weight excluding hydrogens is 311 g/mol. The Labute approximate surface area is 141 Å². The lowest BCUT2D eigenvalue weighted by molar-refractivity contribution is -0.153. The Kier molecular flexibility index (Phi) is 4.52. The molecule has 0 aliphatic carbocycles. The van der Waals surface area contributed by atoms with Crippen LogP contribution in [0.3, 0.4) is 0 Å². The van der Waals surface area contributed by atoms with Crippen molar-refractivity contribution in [3.05, 3.63) is 35.6 Å². The Balaban J connectivity index is 1.44. The van der Waals surface area contributed by atoms with Crippen LogP contribution in [0.25, 0.3) is 0 Å². The van der Waals surface area contributed by atoms with Gasteiger partial charge < -0.3 is 14.4 Å². The van der Waals surface area contributed by atoms with Gasteiger partial charge in [0.2, 0.25) is 5.91 Å². The SMILES string of the molecule is O=C1CO[C@H]2CN(CC3CCOC3)C[C@@H]2N1Cc1cccc(F)c1. The van der Waals surface area contributed by atoms with Gasteiger partial charge in [-0.3, -0.25) is 9.69 Å². The van der Waals surface area contributed by atoms with Crippen LogP contribution >= 0.6 is 0 Å². The summed E-state index contributed by atoms with van der Waals surface area (Å²) in [6.07, 6.45) is 1.16. The predicted octanol–water partition coefficient (Wildman–Crippen LogP) is 1.27. The number of hydrogen-bond donors (Lipinski definition) is 0. The molecule has 0 aromatic heterocycles. The maximum Gasteiger partial charge on any atom is 0.249 e. The maximum absolute atomic E-state index is 13.4. The minimum atomic E-state index is -0.265. The van der Waals surface area contributed by atoms with Crippen molar-refractivity contribution < 1.29 is 18.7 Å². The summed E-state index contributed by atoms with van der Waals surface area (Å²) in [5, 5.41) is 0. The molecule has 0 N–H and O–H groups in total. The number of ether oxygens (including phenoxy) is 2. The van der Waals surface area contributed by atoms with Gasteiger partial charge >= 0.3 is 0 Å². The molecule has 3 saturated heterocycles. The molecule has 1 amide bonds. The van der Waals surface area contributed by atoms with E-state index >= 15 is 0 Å². The molecule has 0 bridgehead atoms. The van der Waals surface area contributed by atoms with Crippen LogP contribution in [0.2, 0.25) is 0 Å². The molecule has 3 heterocycles. The van der Waals surface area contributed by atoms with Crippen LogP contribution in [0, 0.1) is 11.7 Å². The summed E-state index contributed by atoms with van der Waals surface area (Å²) in [6.45, 7) is 4.93. The minimum absolute atomic E-state index is 0.00781. The zero-order chi connectivity index (χ0) is 16.5. The number of rotatable bonds is 4. The lowest BCUT2D eigenvalue weighted by atomic mass is 10.1. The van der Waals surface area contributed by atoms with E-state index in [1.165, 1.54) is 12.1 Å². The van der Waals surface area contributed by atoms with E-state index < -0.39 is 0 Å². The van der Waals surface area contributed by atoms with Crippen LogP contribution in [0.1, 0.15) is 12.0 Å². The van der Waals surface area contributed by atoms with Gasteiger partial charge in [0, 0.05) is 32.8 Å². The van der Waals surface area contributed by atoms with Gasteiger partial charge in [-0.1, -0.05) is 12.1 Å². The molecule has 1 aromatic rings. The fraction of sp³-hybridized carbons (Fsp3) is 0.611. The molecule has 1 aromatic carbocycles. The molecule has 3 aliphatic rings. The number of hydrogen-bond acceptors (Lipinski definition) is 4. The van der Waals surface area contributed by atoms with Crippen molar-refractivity contribution in [1.82, 2.24) is 9.80 Å². The Morgan fingerprint density at radius 3 is 3.00 bits per heavy atom. The lowest BCUT2D eigenvalue weighted by Crippen LogP contribution is -2.53. The summed E-state index contributed by atoms with van der Waals surface area (Å²) < 4.78 is 24.6. The predicted molar refractivity (Wildman–Crippen MR) is 85.8 cm³/mol. The van der Waals surface area contributed by atoms with Gasteiger partial charge in [-0.25, -0.2) is 4.39 Å². The first-order chi connectivity index (χ1) is 11.7. The van der Waals surface area contributed by atoms with Crippen LogP contribution in [0.15, 0.2) is 24.3 Å². The Bertz CT molecular complexity index is 606. The number of morpholine rings is 1. The summed E-state index contributed by atoms with van der Waals surface area (Å²) in [4.78, 5) is 16.6. The fourth-order valence-corrected chi connectivity index (χ4v) is 4.02. The summed E-state index contributed by atoms with van der Waals surface area (Å²) in [5.74, 6) is 0.308. The van der Waals surface area contributed by atoms with Crippen LogP contribution < -0.4 is 0 Å². The van der Waals surface area contributed by atoms with Gasteiger partial charge in [0.25, 0.3) is 0 Å². The van der Waals surface area contributed by atoms with E-state index in [1.54, 1.807) is 6.07 Å². The first kappa shape index (κ1) is 16.0. The average Bonchev–Trinajstić information content (AvgIpc) is 3.20. The third-order valence-electron chi connectivity index (χ3n) is 5.24. The lowest BCUT2D eigenvalue weighted by Gasteiger charge is -2.36. The van der Waals surface area contributed by atoms with E-state index in [1.807, 2.05) is 11.0 Å². The van der Waals surface area contributed by atoms with E-state index in [0.29, 0.717) is 12.5 Å². The van der Waals surface area contributed by atoms with Gasteiger partial charge in [0.05, 0.1) is 18.8 Å². The van der Waals surface area contributed by atoms with Crippen molar-refractivity contribution in [2.24, 2.45) is 5.92 Å². The molecule has 3 fully saturated rings. The van der Waals surface area contributed by atoms with E-state index in [0.717, 1.165) is 44.8 Å². The highest BCUT2D eigenvalue weighted by molar-refractivity contribution is 5.78. The molecule has 0 radical (unpaired) electrons. The second-order valence-electron chi connectivity index (χ2n) is 7.02. The normalized spacial score (nSPS) is 30.8. The third-order valence-corrected chi connectivity index (χ3v) is 5.24. The van der Waals surface area contributed by atoms with Gasteiger partial charge in [-0.15, -0.1) is 0 Å². The first-order valence-corrected chi connectivity index (χ1v) is 8.64. The molecule has 24 heavy (non-hydrogen) atoms. The Hall–Kier alpha value is -1.50. The molecule has 1 unspecified atom stereocenters. The second kappa shape index (κ2) is 6.78. The van der Waals surface area contributed by atoms with Crippen molar-refractivity contribution in [2.45, 2.75) is 25.1 Å². The Morgan fingerprint density at radius 1 is 1.29 bits per heavy atom. The van der Waals surface area contributed by atoms with Crippen molar-refractivity contribution in [3.8, 4) is 0 Å². The van der Waals surface area contributed by atoms with E-state index in [2.05, 4.69) is 4.90 Å². The molecule has 5 nitrogen and oxygen atoms in total. The van der Waals surface area contributed by atoms with E-state index in [9.17, 15) is 9.18 Å². The third kappa shape index (κ3) is 3.31. The van der Waals surface area contributed by atoms with Crippen molar-refractivity contribution in [2.75, 3.05) is 39.5 Å². The number of likely N-dealkylation sites (tertiary alicyclic amines) is 1. The number of amides is 1. The summed E-state index contributed by atoms with van der Waals surface area (Å²) in [7, 11) is 0. The highest BCUT2D eigenvalue weighted by Crippen LogP contribution is 2.27. The number of benzene rings is 1. The number of halogens is 1. The monoisotopic (exact) mass is 334 g/mol. The van der Waals surface area contributed by atoms with Gasteiger partial charge in [0.15, 0.2) is 0 Å². The number of carbonyl (C=O) groups excluding carboxylic acids is 1. The highest BCUT2D eigenvalue weighted by Gasteiger charge is 2.43. The summed E-state index contributed by atoms with van der Waals surface area (Å²) in [5.41, 5.74) is 0.826. The molecule has 3 atom stereocenters. The number of fused-ring (bicyclic) bond motifs is 1. The minimum Gasteiger partial charge on any atom is -0.381 e. The highest BCUT2D eigenvalue weighted by atomic mass is 19.1. The molecule has 0 saturated carbocycles. The van der Waals surface area contributed by atoms with Crippen molar-refractivity contribution >= 4 is 5.91 Å². The smallest absolute Gasteiger partial charge is 0.249 e. The molecule has 3 aliphatic heterocycles. The van der Waals surface area contributed by atoms with E-state index in [4.69, 9.17) is 9.47 Å². The standard InChI is InChI=1S/C18H23FN2O3/c19-15-3-1-2-13(6-15)8-21-16-9-20(7-14-4-5-23-11-14)10-17(16)24-12-18(21)22/h1-3,6,14,16-17H,4-5,7-12H2/t14?,16-,17-/m0/s1. The fourth-order valence-electron chi connectivity index (χ4n) is 4.02. The zero-order valence-electron chi connectivity index (χ0n) is 13.7. The number of carbonyl (C=O) groups is 1. The second-order valence-corrected chi connectivity index (χ2v) is 7.02. The van der Waals surface area contributed by atoms with Gasteiger partial charge in [-0.05, 0) is 30.0 Å². The topological polar surface area (TPSA) is 42.0 Å². The average molecular weight is 334 g/mol. The first-order valence-electron chi connectivity index (χ1n) is 8.64. The summed E-state index contributed by atoms with van der Waals surface area (Å²) >= 11 is 0. The van der Waals surface area contributed by atoms with Crippen LogP contribution in [-0.2, 0) is 20.8 Å². The Morgan fingerprint density at radius 2 is 2.21 bits per heavy atom. The van der Waals surface area contributed by atoms with Crippen molar-refractivity contribution in [3.63, 3.8) is 0 Å². The van der Waals surface area contributed by atoms with Crippen LogP contribution in [0.5, 0.6) is 0 Å². The molecule has 130 valence electrons. The molecule has 4 rings (SSSR count). The van der Waals surface area contributed by atoms with Gasteiger partial charge in [0.1, 0.15) is 12.4 Å². The maximum atomic E-state index is 13.4. The van der Waals surface area contributed by atoms with Crippen LogP contribution in [0.4, 0.5) is 4.39 Å². The molecule has 0 spiro atoms. The zero-order valence-corrected chi connectivity index (χ0v) is 13.7.